The molecule has 4 heteroatoms. The quantitative estimate of drug-likeness (QED) is 0.739. The summed E-state index contributed by atoms with van der Waals surface area (Å²) in [6.45, 7) is 3.63. The van der Waals surface area contributed by atoms with Gasteiger partial charge < -0.3 is 10.5 Å². The van der Waals surface area contributed by atoms with Crippen LogP contribution >= 0.6 is 0 Å². The summed E-state index contributed by atoms with van der Waals surface area (Å²) >= 11 is 0. The Kier molecular flexibility index (Phi) is 3.92. The molecule has 0 bridgehead atoms. The molecule has 2 N–H and O–H groups in total. The molecule has 1 unspecified atom stereocenters. The van der Waals surface area contributed by atoms with Crippen molar-refractivity contribution in [2.45, 2.75) is 25.9 Å². The van der Waals surface area contributed by atoms with Crippen molar-refractivity contribution in [1.82, 2.24) is 9.78 Å². The molecule has 13 heavy (non-hydrogen) atoms. The maximum absolute atomic E-state index is 5.92. The Morgan fingerprint density at radius 1 is 1.69 bits per heavy atom. The van der Waals surface area contributed by atoms with Gasteiger partial charge in [-0.1, -0.05) is 0 Å². The monoisotopic (exact) mass is 183 g/mol. The molecule has 1 aromatic rings. The molecule has 0 spiro atoms. The van der Waals surface area contributed by atoms with Gasteiger partial charge in [0.25, 0.3) is 0 Å². The Bertz CT molecular complexity index is 247. The van der Waals surface area contributed by atoms with Gasteiger partial charge in [0.05, 0.1) is 6.20 Å². The molecule has 0 saturated heterocycles. The Hall–Kier alpha value is -0.870. The van der Waals surface area contributed by atoms with Crippen molar-refractivity contribution in [1.29, 1.82) is 0 Å². The largest absolute Gasteiger partial charge is 0.385 e. The van der Waals surface area contributed by atoms with E-state index >= 15 is 0 Å². The van der Waals surface area contributed by atoms with E-state index in [1.165, 1.54) is 0 Å². The van der Waals surface area contributed by atoms with Crippen molar-refractivity contribution < 1.29 is 4.74 Å². The Morgan fingerprint density at radius 3 is 3.00 bits per heavy atom. The van der Waals surface area contributed by atoms with E-state index in [-0.39, 0.29) is 6.04 Å². The lowest BCUT2D eigenvalue weighted by Crippen LogP contribution is -2.11. The van der Waals surface area contributed by atoms with E-state index in [2.05, 4.69) is 12.0 Å². The molecule has 0 aliphatic rings. The first-order valence-corrected chi connectivity index (χ1v) is 4.54. The van der Waals surface area contributed by atoms with Crippen LogP contribution in [0.15, 0.2) is 12.4 Å². The first-order valence-electron chi connectivity index (χ1n) is 4.54. The average Bonchev–Trinajstić information content (AvgIpc) is 2.62. The molecule has 4 nitrogen and oxygen atoms in total. The van der Waals surface area contributed by atoms with Gasteiger partial charge in [0.15, 0.2) is 0 Å². The minimum atomic E-state index is 0.0419. The van der Waals surface area contributed by atoms with Gasteiger partial charge in [-0.05, 0) is 13.3 Å². The molecule has 1 rings (SSSR count). The zero-order valence-electron chi connectivity index (χ0n) is 8.23. The first kappa shape index (κ1) is 10.2. The van der Waals surface area contributed by atoms with E-state index < -0.39 is 0 Å². The molecule has 1 atom stereocenters. The standard InChI is InChI=1S/C9H17N3O/c1-3-12-7-8(6-11-12)9(10)4-5-13-2/h6-7,9H,3-5,10H2,1-2H3. The summed E-state index contributed by atoms with van der Waals surface area (Å²) in [5.74, 6) is 0. The van der Waals surface area contributed by atoms with E-state index in [0.29, 0.717) is 6.61 Å². The predicted molar refractivity (Wildman–Crippen MR) is 51.3 cm³/mol. The van der Waals surface area contributed by atoms with E-state index in [1.807, 2.05) is 17.1 Å². The maximum atomic E-state index is 5.92. The van der Waals surface area contributed by atoms with Crippen LogP contribution in [0.1, 0.15) is 24.9 Å². The SMILES string of the molecule is CCn1cc(C(N)CCOC)cn1. The second-order valence-electron chi connectivity index (χ2n) is 3.02. The molecule has 0 fully saturated rings. The molecule has 0 radical (unpaired) electrons. The van der Waals surface area contributed by atoms with Crippen molar-refractivity contribution in [3.8, 4) is 0 Å². The van der Waals surface area contributed by atoms with Crippen molar-refractivity contribution in [3.63, 3.8) is 0 Å². The van der Waals surface area contributed by atoms with Crippen molar-refractivity contribution >= 4 is 0 Å². The third kappa shape index (κ3) is 2.82. The minimum Gasteiger partial charge on any atom is -0.385 e. The lowest BCUT2D eigenvalue weighted by Gasteiger charge is -2.07. The molecule has 0 saturated carbocycles. The molecule has 0 aliphatic carbocycles. The number of aromatic nitrogens is 2. The van der Waals surface area contributed by atoms with Gasteiger partial charge in [-0.3, -0.25) is 4.68 Å². The highest BCUT2D eigenvalue weighted by molar-refractivity contribution is 5.09. The summed E-state index contributed by atoms with van der Waals surface area (Å²) in [5, 5.41) is 4.16. The van der Waals surface area contributed by atoms with Crippen LogP contribution in [0.5, 0.6) is 0 Å². The molecule has 74 valence electrons. The summed E-state index contributed by atoms with van der Waals surface area (Å²) < 4.78 is 6.84. The molecule has 0 aliphatic heterocycles. The van der Waals surface area contributed by atoms with E-state index in [1.54, 1.807) is 7.11 Å². The highest BCUT2D eigenvalue weighted by Crippen LogP contribution is 2.12. The highest BCUT2D eigenvalue weighted by atomic mass is 16.5. The summed E-state index contributed by atoms with van der Waals surface area (Å²) in [5.41, 5.74) is 7.00. The van der Waals surface area contributed by atoms with E-state index in [4.69, 9.17) is 10.5 Å². The van der Waals surface area contributed by atoms with Gasteiger partial charge in [0.2, 0.25) is 0 Å². The maximum Gasteiger partial charge on any atom is 0.0537 e. The molecule has 0 aromatic carbocycles. The van der Waals surface area contributed by atoms with Crippen molar-refractivity contribution in [2.24, 2.45) is 5.73 Å². The second-order valence-corrected chi connectivity index (χ2v) is 3.02. The first-order chi connectivity index (χ1) is 6.27. The fourth-order valence-corrected chi connectivity index (χ4v) is 1.16. The van der Waals surface area contributed by atoms with Gasteiger partial charge in [-0.25, -0.2) is 0 Å². The van der Waals surface area contributed by atoms with Crippen LogP contribution in [0.25, 0.3) is 0 Å². The van der Waals surface area contributed by atoms with Crippen molar-refractivity contribution in [3.05, 3.63) is 18.0 Å². The van der Waals surface area contributed by atoms with Gasteiger partial charge in [0, 0.05) is 38.1 Å². The zero-order chi connectivity index (χ0) is 9.68. The number of methoxy groups -OCH3 is 1. The summed E-state index contributed by atoms with van der Waals surface area (Å²) in [6, 6.07) is 0.0419. The minimum absolute atomic E-state index is 0.0419. The van der Waals surface area contributed by atoms with Gasteiger partial charge in [-0.15, -0.1) is 0 Å². The smallest absolute Gasteiger partial charge is 0.0537 e. The van der Waals surface area contributed by atoms with E-state index in [0.717, 1.165) is 18.5 Å². The number of ether oxygens (including phenoxy) is 1. The predicted octanol–water partition coefficient (Wildman–Crippen LogP) is 0.939. The molecule has 0 amide bonds. The lowest BCUT2D eigenvalue weighted by molar-refractivity contribution is 0.188. The van der Waals surface area contributed by atoms with Crippen LogP contribution in [-0.4, -0.2) is 23.5 Å². The van der Waals surface area contributed by atoms with Gasteiger partial charge in [-0.2, -0.15) is 5.10 Å². The van der Waals surface area contributed by atoms with Crippen LogP contribution in [-0.2, 0) is 11.3 Å². The third-order valence-electron chi connectivity index (χ3n) is 2.04. The van der Waals surface area contributed by atoms with Gasteiger partial charge in [0.1, 0.15) is 0 Å². The number of nitrogens with two attached hydrogens (primary N) is 1. The van der Waals surface area contributed by atoms with Crippen LogP contribution in [0, 0.1) is 0 Å². The van der Waals surface area contributed by atoms with Crippen LogP contribution in [0.2, 0.25) is 0 Å². The average molecular weight is 183 g/mol. The van der Waals surface area contributed by atoms with E-state index in [9.17, 15) is 0 Å². The Labute approximate surface area is 78.7 Å². The summed E-state index contributed by atoms with van der Waals surface area (Å²) in [6.07, 6.45) is 4.65. The Morgan fingerprint density at radius 2 is 2.46 bits per heavy atom. The fraction of sp³-hybridized carbons (Fsp3) is 0.667. The molecule has 1 aromatic heterocycles. The van der Waals surface area contributed by atoms with Crippen molar-refractivity contribution in [2.75, 3.05) is 13.7 Å². The van der Waals surface area contributed by atoms with Crippen LogP contribution in [0.4, 0.5) is 0 Å². The van der Waals surface area contributed by atoms with Gasteiger partial charge >= 0.3 is 0 Å². The number of hydrogen-bond acceptors (Lipinski definition) is 3. The number of hydrogen-bond donors (Lipinski definition) is 1. The Balaban J connectivity index is 2.50. The molecular formula is C9H17N3O. The zero-order valence-corrected chi connectivity index (χ0v) is 8.23. The van der Waals surface area contributed by atoms with Crippen LogP contribution < -0.4 is 5.73 Å². The topological polar surface area (TPSA) is 53.1 Å². The third-order valence-corrected chi connectivity index (χ3v) is 2.04. The normalized spacial score (nSPS) is 13.2. The van der Waals surface area contributed by atoms with Crippen LogP contribution in [0.3, 0.4) is 0 Å². The number of nitrogens with zero attached hydrogens (tertiary/aromatic N) is 2. The fourth-order valence-electron chi connectivity index (χ4n) is 1.16. The summed E-state index contributed by atoms with van der Waals surface area (Å²) in [7, 11) is 1.68. The summed E-state index contributed by atoms with van der Waals surface area (Å²) in [4.78, 5) is 0. The highest BCUT2D eigenvalue weighted by Gasteiger charge is 2.07. The molecule has 1 heterocycles. The lowest BCUT2D eigenvalue weighted by atomic mass is 10.1. The number of aryl methyl sites for hydroxylation is 1. The number of rotatable bonds is 5. The molecular weight excluding hydrogens is 166 g/mol. The second kappa shape index (κ2) is 4.99.